The molecule has 8 nitrogen and oxygen atoms in total. The fourth-order valence-electron chi connectivity index (χ4n) is 2.30. The highest BCUT2D eigenvalue weighted by molar-refractivity contribution is 7.92. The zero-order chi connectivity index (χ0) is 18.8. The number of sulfonamides is 1. The largest absolute Gasteiger partial charge is 0.478 e. The fraction of sp³-hybridized carbons (Fsp3) is 0.250. The van der Waals surface area contributed by atoms with E-state index in [0.29, 0.717) is 5.76 Å². The van der Waals surface area contributed by atoms with Gasteiger partial charge in [0.05, 0.1) is 24.1 Å². The molecule has 1 aromatic carbocycles. The van der Waals surface area contributed by atoms with E-state index in [4.69, 9.17) is 9.52 Å². The molecule has 2 rings (SSSR count). The minimum Gasteiger partial charge on any atom is -0.478 e. The molecular weight excluding hydrogens is 348 g/mol. The van der Waals surface area contributed by atoms with Gasteiger partial charge < -0.3 is 14.4 Å². The first-order valence-electron chi connectivity index (χ1n) is 7.23. The van der Waals surface area contributed by atoms with Crippen molar-refractivity contribution in [1.82, 2.24) is 4.90 Å². The average Bonchev–Trinajstić information content (AvgIpc) is 2.86. The van der Waals surface area contributed by atoms with Crippen molar-refractivity contribution in [2.75, 3.05) is 18.0 Å². The first kappa shape index (κ1) is 18.5. The van der Waals surface area contributed by atoms with Crippen molar-refractivity contribution in [1.29, 1.82) is 0 Å². The maximum absolute atomic E-state index is 12.6. The Bertz CT molecular complexity index is 916. The maximum atomic E-state index is 12.6. The van der Waals surface area contributed by atoms with Gasteiger partial charge in [0.2, 0.25) is 10.0 Å². The molecule has 1 amide bonds. The lowest BCUT2D eigenvalue weighted by atomic mass is 10.1. The summed E-state index contributed by atoms with van der Waals surface area (Å²) in [6.45, 7) is 1.57. The van der Waals surface area contributed by atoms with Crippen LogP contribution in [0.5, 0.6) is 0 Å². The van der Waals surface area contributed by atoms with E-state index in [9.17, 15) is 18.0 Å². The van der Waals surface area contributed by atoms with Crippen molar-refractivity contribution in [2.45, 2.75) is 13.5 Å². The number of aromatic carboxylic acids is 1. The van der Waals surface area contributed by atoms with Crippen LogP contribution in [0.25, 0.3) is 0 Å². The number of carbonyl (C=O) groups excluding carboxylic acids is 1. The molecule has 0 saturated heterocycles. The Morgan fingerprint density at radius 2 is 1.88 bits per heavy atom. The van der Waals surface area contributed by atoms with Gasteiger partial charge in [0, 0.05) is 7.05 Å². The van der Waals surface area contributed by atoms with Gasteiger partial charge in [-0.3, -0.25) is 9.52 Å². The molecule has 0 radical (unpaired) electrons. The van der Waals surface area contributed by atoms with Gasteiger partial charge >= 0.3 is 5.97 Å². The Kier molecular flexibility index (Phi) is 5.17. The van der Waals surface area contributed by atoms with E-state index < -0.39 is 21.9 Å². The third-order valence-corrected chi connectivity index (χ3v) is 3.98. The van der Waals surface area contributed by atoms with Gasteiger partial charge in [-0.05, 0) is 25.1 Å². The first-order valence-corrected chi connectivity index (χ1v) is 9.12. The zero-order valence-electron chi connectivity index (χ0n) is 13.9. The fourth-order valence-corrected chi connectivity index (χ4v) is 2.88. The molecule has 0 atom stereocenters. The minimum atomic E-state index is -3.53. The predicted octanol–water partition coefficient (Wildman–Crippen LogP) is 1.93. The Hall–Kier alpha value is -2.81. The van der Waals surface area contributed by atoms with Crippen molar-refractivity contribution >= 4 is 27.6 Å². The minimum absolute atomic E-state index is 0.0370. The number of amides is 1. The van der Waals surface area contributed by atoms with Crippen molar-refractivity contribution in [3.8, 4) is 0 Å². The molecule has 0 aliphatic rings. The second kappa shape index (κ2) is 6.98. The van der Waals surface area contributed by atoms with E-state index in [-0.39, 0.29) is 29.1 Å². The Morgan fingerprint density at radius 1 is 1.24 bits per heavy atom. The summed E-state index contributed by atoms with van der Waals surface area (Å²) in [4.78, 5) is 25.0. The number of hydrogen-bond donors (Lipinski definition) is 2. The lowest BCUT2D eigenvalue weighted by Gasteiger charge is -2.18. The molecule has 134 valence electrons. The highest BCUT2D eigenvalue weighted by Crippen LogP contribution is 2.20. The van der Waals surface area contributed by atoms with Crippen LogP contribution in [-0.2, 0) is 16.6 Å². The number of hydrogen-bond acceptors (Lipinski definition) is 5. The highest BCUT2D eigenvalue weighted by Gasteiger charge is 2.20. The van der Waals surface area contributed by atoms with Crippen molar-refractivity contribution in [3.63, 3.8) is 0 Å². The molecule has 0 spiro atoms. The third kappa shape index (κ3) is 4.60. The molecule has 0 bridgehead atoms. The van der Waals surface area contributed by atoms with Gasteiger partial charge in [-0.1, -0.05) is 12.1 Å². The lowest BCUT2D eigenvalue weighted by molar-refractivity contribution is 0.0694. The molecule has 0 unspecified atom stereocenters. The number of rotatable bonds is 6. The quantitative estimate of drug-likeness (QED) is 0.807. The summed E-state index contributed by atoms with van der Waals surface area (Å²) in [7, 11) is -2.02. The molecule has 1 heterocycles. The summed E-state index contributed by atoms with van der Waals surface area (Å²) in [6, 6.07) is 7.58. The number of furan rings is 1. The van der Waals surface area contributed by atoms with Crippen LogP contribution in [-0.4, -0.2) is 43.6 Å². The van der Waals surface area contributed by atoms with Crippen molar-refractivity contribution in [2.24, 2.45) is 0 Å². The third-order valence-electron chi connectivity index (χ3n) is 3.39. The predicted molar refractivity (Wildman–Crippen MR) is 91.1 cm³/mol. The lowest BCUT2D eigenvalue weighted by Crippen LogP contribution is -2.27. The second-order valence-electron chi connectivity index (χ2n) is 5.57. The standard InChI is InChI=1S/C16H18N2O6S/c1-10-13(16(20)21)8-11(24-10)9-18(2)15(19)12-6-4-5-7-14(12)17-25(3,22)23/h4-8,17H,9H2,1-3H3,(H,20,21). The number of nitrogens with one attached hydrogen (secondary N) is 1. The summed E-state index contributed by atoms with van der Waals surface area (Å²) >= 11 is 0. The second-order valence-corrected chi connectivity index (χ2v) is 7.32. The average molecular weight is 366 g/mol. The van der Waals surface area contributed by atoms with Gasteiger partial charge in [0.25, 0.3) is 5.91 Å². The summed E-state index contributed by atoms with van der Waals surface area (Å²) < 4.78 is 30.5. The van der Waals surface area contributed by atoms with E-state index in [1.807, 2.05) is 0 Å². The molecule has 2 N–H and O–H groups in total. The topological polar surface area (TPSA) is 117 Å². The smallest absolute Gasteiger partial charge is 0.339 e. The molecule has 0 fully saturated rings. The number of para-hydroxylation sites is 1. The molecular formula is C16H18N2O6S. The molecule has 9 heteroatoms. The number of anilines is 1. The van der Waals surface area contributed by atoms with Gasteiger partial charge in [0.15, 0.2) is 0 Å². The summed E-state index contributed by atoms with van der Waals surface area (Å²) in [5.74, 6) is -0.969. The number of carboxylic acid groups (broad SMARTS) is 1. The van der Waals surface area contributed by atoms with E-state index in [1.165, 1.54) is 37.1 Å². The van der Waals surface area contributed by atoms with Crippen molar-refractivity contribution < 1.29 is 27.5 Å². The van der Waals surface area contributed by atoms with E-state index >= 15 is 0 Å². The van der Waals surface area contributed by atoms with Crippen LogP contribution in [0.1, 0.15) is 32.2 Å². The zero-order valence-corrected chi connectivity index (χ0v) is 14.8. The van der Waals surface area contributed by atoms with Crippen LogP contribution in [0.4, 0.5) is 5.69 Å². The summed E-state index contributed by atoms with van der Waals surface area (Å²) in [5, 5.41) is 9.04. The van der Waals surface area contributed by atoms with E-state index in [2.05, 4.69) is 4.72 Å². The van der Waals surface area contributed by atoms with E-state index in [1.54, 1.807) is 12.1 Å². The molecule has 2 aromatic rings. The number of carboxylic acids is 1. The SMILES string of the molecule is Cc1oc(CN(C)C(=O)c2ccccc2NS(C)(=O)=O)cc1C(=O)O. The number of carbonyl (C=O) groups is 2. The molecule has 0 aliphatic carbocycles. The highest BCUT2D eigenvalue weighted by atomic mass is 32.2. The van der Waals surface area contributed by atoms with Gasteiger partial charge in [-0.2, -0.15) is 0 Å². The Labute approximate surface area is 145 Å². The van der Waals surface area contributed by atoms with Crippen LogP contribution in [0.2, 0.25) is 0 Å². The van der Waals surface area contributed by atoms with Crippen LogP contribution in [0, 0.1) is 6.92 Å². The van der Waals surface area contributed by atoms with Crippen molar-refractivity contribution in [3.05, 3.63) is 53.0 Å². The van der Waals surface area contributed by atoms with Crippen LogP contribution in [0.3, 0.4) is 0 Å². The summed E-state index contributed by atoms with van der Waals surface area (Å²) in [5.41, 5.74) is 0.385. The van der Waals surface area contributed by atoms with E-state index in [0.717, 1.165) is 6.26 Å². The Balaban J connectivity index is 2.23. The Morgan fingerprint density at radius 3 is 2.44 bits per heavy atom. The van der Waals surface area contributed by atoms with Crippen LogP contribution >= 0.6 is 0 Å². The number of aryl methyl sites for hydroxylation is 1. The maximum Gasteiger partial charge on any atom is 0.339 e. The molecule has 0 saturated carbocycles. The monoisotopic (exact) mass is 366 g/mol. The van der Waals surface area contributed by atoms with Crippen LogP contribution in [0.15, 0.2) is 34.7 Å². The molecule has 0 aliphatic heterocycles. The van der Waals surface area contributed by atoms with Gasteiger partial charge in [-0.25, -0.2) is 13.2 Å². The van der Waals surface area contributed by atoms with Crippen LogP contribution < -0.4 is 4.72 Å². The molecule has 25 heavy (non-hydrogen) atoms. The van der Waals surface area contributed by atoms with Gasteiger partial charge in [0.1, 0.15) is 17.1 Å². The normalized spacial score (nSPS) is 11.2. The number of nitrogens with zero attached hydrogens (tertiary/aromatic N) is 1. The first-order chi connectivity index (χ1) is 11.6. The summed E-state index contributed by atoms with van der Waals surface area (Å²) in [6.07, 6.45) is 0.997. The van der Waals surface area contributed by atoms with Gasteiger partial charge in [-0.15, -0.1) is 0 Å². The number of benzene rings is 1. The molecule has 1 aromatic heterocycles.